The van der Waals surface area contributed by atoms with E-state index in [0.29, 0.717) is 28.2 Å². The fourth-order valence-electron chi connectivity index (χ4n) is 3.99. The van der Waals surface area contributed by atoms with Crippen LogP contribution in [0, 0.1) is 11.8 Å². The largest absolute Gasteiger partial charge is 0.482 e. The van der Waals surface area contributed by atoms with Crippen molar-refractivity contribution in [2.45, 2.75) is 58.9 Å². The van der Waals surface area contributed by atoms with Crippen molar-refractivity contribution in [2.24, 2.45) is 11.8 Å². The minimum atomic E-state index is -0.401. The maximum absolute atomic E-state index is 12.4. The highest BCUT2D eigenvalue weighted by atomic mass is 35.5. The lowest BCUT2D eigenvalue weighted by molar-refractivity contribution is -0.124. The number of nitrogens with one attached hydrogen (secondary N) is 1. The molecule has 1 aromatic heterocycles. The van der Waals surface area contributed by atoms with Crippen LogP contribution in [0.15, 0.2) is 27.4 Å². The van der Waals surface area contributed by atoms with Crippen molar-refractivity contribution in [3.05, 3.63) is 39.2 Å². The Morgan fingerprint density at radius 1 is 1.29 bits per heavy atom. The molecule has 1 aliphatic carbocycles. The van der Waals surface area contributed by atoms with Gasteiger partial charge in [-0.15, -0.1) is 0 Å². The highest BCUT2D eigenvalue weighted by Crippen LogP contribution is 2.32. The fourth-order valence-corrected chi connectivity index (χ4v) is 4.21. The van der Waals surface area contributed by atoms with Crippen LogP contribution in [0.1, 0.15) is 52.0 Å². The minimum Gasteiger partial charge on any atom is -0.482 e. The lowest BCUT2D eigenvalue weighted by Gasteiger charge is -2.34. The molecule has 0 aliphatic heterocycles. The van der Waals surface area contributed by atoms with E-state index < -0.39 is 5.63 Å². The Morgan fingerprint density at radius 2 is 2.07 bits per heavy atom. The number of carbonyl (C=O) groups is 1. The summed E-state index contributed by atoms with van der Waals surface area (Å²) in [6, 6.07) is 5.02. The third-order valence-corrected chi connectivity index (χ3v) is 6.11. The van der Waals surface area contributed by atoms with Gasteiger partial charge in [0.25, 0.3) is 5.91 Å². The maximum Gasteiger partial charge on any atom is 0.336 e. The van der Waals surface area contributed by atoms with Gasteiger partial charge in [-0.3, -0.25) is 4.79 Å². The average molecular weight is 406 g/mol. The van der Waals surface area contributed by atoms with Crippen LogP contribution in [-0.4, -0.2) is 18.6 Å². The van der Waals surface area contributed by atoms with Crippen molar-refractivity contribution in [2.75, 3.05) is 6.61 Å². The van der Waals surface area contributed by atoms with Gasteiger partial charge < -0.3 is 14.5 Å². The van der Waals surface area contributed by atoms with E-state index in [0.717, 1.165) is 36.6 Å². The van der Waals surface area contributed by atoms with Gasteiger partial charge in [0.05, 0.1) is 5.02 Å². The lowest BCUT2D eigenvalue weighted by atomic mass is 9.78. The van der Waals surface area contributed by atoms with Crippen LogP contribution in [0.3, 0.4) is 0 Å². The number of ether oxygens (including phenoxy) is 1. The summed E-state index contributed by atoms with van der Waals surface area (Å²) >= 11 is 6.36. The van der Waals surface area contributed by atoms with Gasteiger partial charge in [-0.1, -0.05) is 51.6 Å². The molecule has 6 heteroatoms. The smallest absolute Gasteiger partial charge is 0.336 e. The van der Waals surface area contributed by atoms with Gasteiger partial charge in [0.15, 0.2) is 6.61 Å². The van der Waals surface area contributed by atoms with E-state index in [-0.39, 0.29) is 18.6 Å². The number of aryl methyl sites for hydroxylation is 1. The number of amides is 1. The van der Waals surface area contributed by atoms with Crippen molar-refractivity contribution in [3.8, 4) is 5.75 Å². The Balaban J connectivity index is 1.71. The first-order valence-corrected chi connectivity index (χ1v) is 10.4. The third-order valence-electron chi connectivity index (χ3n) is 5.81. The van der Waals surface area contributed by atoms with Gasteiger partial charge in [0.2, 0.25) is 0 Å². The number of rotatable bonds is 6. The van der Waals surface area contributed by atoms with Gasteiger partial charge in [-0.2, -0.15) is 0 Å². The minimum absolute atomic E-state index is 0.123. The predicted octanol–water partition coefficient (Wildman–Crippen LogP) is 4.72. The number of halogens is 1. The van der Waals surface area contributed by atoms with Crippen LogP contribution in [0.25, 0.3) is 11.0 Å². The van der Waals surface area contributed by atoms with Gasteiger partial charge in [-0.25, -0.2) is 4.79 Å². The lowest BCUT2D eigenvalue weighted by Crippen LogP contribution is -2.45. The Kier molecular flexibility index (Phi) is 6.65. The van der Waals surface area contributed by atoms with Crippen LogP contribution in [0.2, 0.25) is 5.02 Å². The molecule has 1 aromatic carbocycles. The van der Waals surface area contributed by atoms with E-state index in [1.54, 1.807) is 12.1 Å². The van der Waals surface area contributed by atoms with Crippen molar-refractivity contribution in [3.63, 3.8) is 0 Å². The van der Waals surface area contributed by atoms with Gasteiger partial charge in [-0.05, 0) is 36.3 Å². The predicted molar refractivity (Wildman–Crippen MR) is 111 cm³/mol. The Morgan fingerprint density at radius 3 is 2.82 bits per heavy atom. The molecule has 0 bridgehead atoms. The van der Waals surface area contributed by atoms with Crippen LogP contribution in [0.4, 0.5) is 0 Å². The van der Waals surface area contributed by atoms with Crippen molar-refractivity contribution < 1.29 is 13.9 Å². The molecule has 5 nitrogen and oxygen atoms in total. The van der Waals surface area contributed by atoms with E-state index in [9.17, 15) is 9.59 Å². The third kappa shape index (κ3) is 4.69. The summed E-state index contributed by atoms with van der Waals surface area (Å²) in [5.41, 5.74) is 0.924. The molecule has 0 unspecified atom stereocenters. The first-order valence-electron chi connectivity index (χ1n) is 10.1. The summed E-state index contributed by atoms with van der Waals surface area (Å²) in [6.45, 7) is 6.34. The second-order valence-electron chi connectivity index (χ2n) is 7.85. The molecule has 3 atom stereocenters. The molecule has 0 spiro atoms. The summed E-state index contributed by atoms with van der Waals surface area (Å²) in [5, 5.41) is 4.27. The van der Waals surface area contributed by atoms with E-state index in [1.807, 2.05) is 6.92 Å². The molecule has 0 radical (unpaired) electrons. The summed E-state index contributed by atoms with van der Waals surface area (Å²) < 4.78 is 10.9. The first-order chi connectivity index (χ1) is 13.4. The van der Waals surface area contributed by atoms with Crippen LogP contribution in [-0.2, 0) is 11.2 Å². The van der Waals surface area contributed by atoms with Crippen molar-refractivity contribution >= 4 is 28.5 Å². The molecule has 1 fully saturated rings. The molecule has 0 saturated heterocycles. The Bertz CT molecular complexity index is 907. The summed E-state index contributed by atoms with van der Waals surface area (Å²) in [6.07, 6.45) is 5.01. The normalized spacial score (nSPS) is 22.2. The molecule has 152 valence electrons. The topological polar surface area (TPSA) is 68.5 Å². The Hall–Kier alpha value is -2.01. The van der Waals surface area contributed by atoms with Crippen molar-refractivity contribution in [1.29, 1.82) is 0 Å². The number of carbonyl (C=O) groups excluding carboxylic acids is 1. The molecule has 1 saturated carbocycles. The first kappa shape index (κ1) is 20.7. The SMILES string of the molecule is CCCc1cc(=O)oc2cc(OCC(=O)N[C@@H]3CCC[C@H](C)[C@H]3C)c(Cl)cc12. The van der Waals surface area contributed by atoms with Gasteiger partial charge >= 0.3 is 5.63 Å². The maximum atomic E-state index is 12.4. The highest BCUT2D eigenvalue weighted by Gasteiger charge is 2.28. The highest BCUT2D eigenvalue weighted by molar-refractivity contribution is 6.32. The summed E-state index contributed by atoms with van der Waals surface area (Å²) in [7, 11) is 0. The standard InChI is InChI=1S/C22H28ClNO4/c1-4-6-15-9-22(26)28-19-11-20(17(23)10-16(15)19)27-12-21(25)24-18-8-5-7-13(2)14(18)3/h9-11,13-14,18H,4-8,12H2,1-3H3,(H,24,25)/t13-,14+,18+/m0/s1. The fraction of sp³-hybridized carbons (Fsp3) is 0.545. The van der Waals surface area contributed by atoms with E-state index in [2.05, 4.69) is 19.2 Å². The molecule has 1 amide bonds. The van der Waals surface area contributed by atoms with E-state index in [4.69, 9.17) is 20.8 Å². The Labute approximate surface area is 170 Å². The number of fused-ring (bicyclic) bond motifs is 1. The quantitative estimate of drug-likeness (QED) is 0.706. The molecule has 1 aliphatic rings. The van der Waals surface area contributed by atoms with Crippen LogP contribution >= 0.6 is 11.6 Å². The van der Waals surface area contributed by atoms with Crippen LogP contribution < -0.4 is 15.7 Å². The molecular formula is C22H28ClNO4. The molecule has 1 heterocycles. The molecule has 28 heavy (non-hydrogen) atoms. The molecule has 3 rings (SSSR count). The zero-order valence-corrected chi connectivity index (χ0v) is 17.5. The van der Waals surface area contributed by atoms with Gasteiger partial charge in [0.1, 0.15) is 11.3 Å². The summed E-state index contributed by atoms with van der Waals surface area (Å²) in [5.74, 6) is 1.23. The van der Waals surface area contributed by atoms with E-state index >= 15 is 0 Å². The monoisotopic (exact) mass is 405 g/mol. The molecule has 2 aromatic rings. The van der Waals surface area contributed by atoms with Gasteiger partial charge in [0, 0.05) is 23.6 Å². The molecule has 1 N–H and O–H groups in total. The number of hydrogen-bond acceptors (Lipinski definition) is 4. The summed E-state index contributed by atoms with van der Waals surface area (Å²) in [4.78, 5) is 24.2. The second-order valence-corrected chi connectivity index (χ2v) is 8.26. The van der Waals surface area contributed by atoms with Crippen molar-refractivity contribution in [1.82, 2.24) is 5.32 Å². The number of benzene rings is 1. The zero-order valence-electron chi connectivity index (χ0n) is 16.7. The van der Waals surface area contributed by atoms with Crippen LogP contribution in [0.5, 0.6) is 5.75 Å². The number of hydrogen-bond donors (Lipinski definition) is 1. The van der Waals surface area contributed by atoms with E-state index in [1.165, 1.54) is 12.5 Å². The average Bonchev–Trinajstić information content (AvgIpc) is 2.64. The zero-order chi connectivity index (χ0) is 20.3. The second kappa shape index (κ2) is 8.99. The molecular weight excluding hydrogens is 378 g/mol.